The third kappa shape index (κ3) is 7.97. The van der Waals surface area contributed by atoms with Crippen LogP contribution in [0, 0.1) is 0 Å². The van der Waals surface area contributed by atoms with Gasteiger partial charge in [-0.25, -0.2) is 4.79 Å². The summed E-state index contributed by atoms with van der Waals surface area (Å²) in [6.07, 6.45) is -0.0419. The van der Waals surface area contributed by atoms with E-state index >= 15 is 0 Å². The van der Waals surface area contributed by atoms with Gasteiger partial charge in [0.1, 0.15) is 23.9 Å². The van der Waals surface area contributed by atoms with Crippen molar-refractivity contribution in [1.82, 2.24) is 16.0 Å². The van der Waals surface area contributed by atoms with Crippen molar-refractivity contribution >= 4 is 36.3 Å². The number of hydrogen-bond acceptors (Lipinski definition) is 8. The number of aliphatic hydroxyl groups is 1. The zero-order valence-electron chi connectivity index (χ0n) is 15.4. The third-order valence-corrected chi connectivity index (χ3v) is 4.19. The number of aromatic hydroxyl groups is 1. The Bertz CT molecular complexity index is 729. The van der Waals surface area contributed by atoms with E-state index in [1.807, 2.05) is 0 Å². The normalized spacial score (nSPS) is 13.6. The molecule has 1 aromatic rings. The zero-order valence-corrected chi connectivity index (χ0v) is 16.3. The number of carboxylic acids is 1. The SMILES string of the molecule is NCC(=O)NC(CO)C(=O)NC(Cc1ccc(O)cc1)C(=O)NC(CS)C(=O)O. The van der Waals surface area contributed by atoms with Crippen molar-refractivity contribution in [3.8, 4) is 5.75 Å². The van der Waals surface area contributed by atoms with E-state index in [1.165, 1.54) is 24.3 Å². The Hall–Kier alpha value is -2.83. The van der Waals surface area contributed by atoms with Gasteiger partial charge in [0, 0.05) is 12.2 Å². The van der Waals surface area contributed by atoms with Crippen molar-refractivity contribution in [3.05, 3.63) is 29.8 Å². The molecular formula is C17H24N4O7S. The van der Waals surface area contributed by atoms with E-state index in [1.54, 1.807) is 0 Å². The Morgan fingerprint density at radius 1 is 0.966 bits per heavy atom. The number of carbonyl (C=O) groups excluding carboxylic acids is 3. The van der Waals surface area contributed by atoms with E-state index in [4.69, 9.17) is 10.8 Å². The first-order valence-electron chi connectivity index (χ1n) is 8.54. The second kappa shape index (κ2) is 11.9. The number of aliphatic carboxylic acids is 1. The monoisotopic (exact) mass is 428 g/mol. The predicted molar refractivity (Wildman–Crippen MR) is 105 cm³/mol. The summed E-state index contributed by atoms with van der Waals surface area (Å²) in [5.74, 6) is -3.80. The number of hydrogen-bond donors (Lipinski definition) is 8. The molecule has 0 aliphatic carbocycles. The van der Waals surface area contributed by atoms with Crippen LogP contribution >= 0.6 is 12.6 Å². The molecule has 0 saturated heterocycles. The molecule has 8 N–H and O–H groups in total. The number of benzene rings is 1. The first kappa shape index (κ1) is 24.2. The molecule has 0 aliphatic heterocycles. The second-order valence-electron chi connectivity index (χ2n) is 6.02. The highest BCUT2D eigenvalue weighted by atomic mass is 32.1. The van der Waals surface area contributed by atoms with Crippen molar-refractivity contribution in [2.75, 3.05) is 18.9 Å². The van der Waals surface area contributed by atoms with E-state index in [9.17, 15) is 29.4 Å². The Labute approximate surface area is 172 Å². The smallest absolute Gasteiger partial charge is 0.327 e. The Kier molecular flexibility index (Phi) is 9.92. The lowest BCUT2D eigenvalue weighted by Gasteiger charge is -2.23. The van der Waals surface area contributed by atoms with Gasteiger partial charge in [-0.15, -0.1) is 0 Å². The highest BCUT2D eigenvalue weighted by Crippen LogP contribution is 2.12. The van der Waals surface area contributed by atoms with Gasteiger partial charge in [-0.05, 0) is 17.7 Å². The molecule has 3 unspecified atom stereocenters. The molecule has 0 heterocycles. The van der Waals surface area contributed by atoms with Crippen molar-refractivity contribution < 1.29 is 34.5 Å². The van der Waals surface area contributed by atoms with Crippen molar-refractivity contribution in [2.45, 2.75) is 24.5 Å². The van der Waals surface area contributed by atoms with Gasteiger partial charge in [0.25, 0.3) is 0 Å². The lowest BCUT2D eigenvalue weighted by atomic mass is 10.0. The number of phenolic OH excluding ortho intramolecular Hbond substituents is 1. The Morgan fingerprint density at radius 3 is 2.00 bits per heavy atom. The highest BCUT2D eigenvalue weighted by molar-refractivity contribution is 7.80. The first-order chi connectivity index (χ1) is 13.7. The van der Waals surface area contributed by atoms with Gasteiger partial charge in [0.15, 0.2) is 0 Å². The number of amides is 3. The third-order valence-electron chi connectivity index (χ3n) is 3.83. The number of nitrogens with two attached hydrogens (primary N) is 1. The summed E-state index contributed by atoms with van der Waals surface area (Å²) in [4.78, 5) is 47.5. The van der Waals surface area contributed by atoms with Crippen molar-refractivity contribution in [3.63, 3.8) is 0 Å². The van der Waals surface area contributed by atoms with Crippen LogP contribution in [0.4, 0.5) is 0 Å². The standard InChI is InChI=1S/C17H24N4O7S/c18-6-14(24)19-12(7-22)16(26)20-11(5-9-1-3-10(23)4-2-9)15(25)21-13(8-29)17(27)28/h1-4,11-13,22-23,29H,5-8,18H2,(H,19,24)(H,20,26)(H,21,25)(H,27,28). The van der Waals surface area contributed by atoms with Crippen LogP contribution in [-0.4, -0.2) is 76.0 Å². The zero-order chi connectivity index (χ0) is 22.0. The largest absolute Gasteiger partial charge is 0.508 e. The molecule has 0 bridgehead atoms. The molecule has 0 spiro atoms. The minimum absolute atomic E-state index is 0.00430. The summed E-state index contributed by atoms with van der Waals surface area (Å²) in [5.41, 5.74) is 5.73. The molecule has 160 valence electrons. The molecule has 0 aliphatic rings. The summed E-state index contributed by atoms with van der Waals surface area (Å²) >= 11 is 3.87. The van der Waals surface area contributed by atoms with Gasteiger partial charge < -0.3 is 37.0 Å². The van der Waals surface area contributed by atoms with Crippen LogP contribution < -0.4 is 21.7 Å². The second-order valence-corrected chi connectivity index (χ2v) is 6.39. The fraction of sp³-hybridized carbons (Fsp3) is 0.412. The van der Waals surface area contributed by atoms with Crippen LogP contribution in [0.5, 0.6) is 5.75 Å². The summed E-state index contributed by atoms with van der Waals surface area (Å²) in [7, 11) is 0. The van der Waals surface area contributed by atoms with E-state index in [0.717, 1.165) is 0 Å². The Morgan fingerprint density at radius 2 is 1.52 bits per heavy atom. The van der Waals surface area contributed by atoms with Crippen LogP contribution in [0.3, 0.4) is 0 Å². The fourth-order valence-corrected chi connectivity index (χ4v) is 2.50. The predicted octanol–water partition coefficient (Wildman–Crippen LogP) is -2.65. The van der Waals surface area contributed by atoms with E-state index in [0.29, 0.717) is 5.56 Å². The number of thiol groups is 1. The molecule has 0 fully saturated rings. The quantitative estimate of drug-likeness (QED) is 0.175. The minimum atomic E-state index is -1.35. The lowest BCUT2D eigenvalue weighted by Crippen LogP contribution is -2.57. The van der Waals surface area contributed by atoms with Crippen molar-refractivity contribution in [2.24, 2.45) is 5.73 Å². The molecule has 1 aromatic carbocycles. The Balaban J connectivity index is 3.00. The molecule has 3 atom stereocenters. The molecule has 0 aromatic heterocycles. The summed E-state index contributed by atoms with van der Waals surface area (Å²) in [5, 5.41) is 34.6. The maximum atomic E-state index is 12.6. The molecule has 1 rings (SSSR count). The molecular weight excluding hydrogens is 404 g/mol. The van der Waals surface area contributed by atoms with Gasteiger partial charge in [0.2, 0.25) is 17.7 Å². The van der Waals surface area contributed by atoms with Gasteiger partial charge in [-0.3, -0.25) is 14.4 Å². The van der Waals surface area contributed by atoms with Crippen molar-refractivity contribution in [1.29, 1.82) is 0 Å². The maximum absolute atomic E-state index is 12.6. The number of phenols is 1. The topological polar surface area (TPSA) is 191 Å². The molecule has 29 heavy (non-hydrogen) atoms. The van der Waals surface area contributed by atoms with Gasteiger partial charge in [-0.1, -0.05) is 12.1 Å². The molecule has 0 saturated carbocycles. The molecule has 12 heteroatoms. The van der Waals surface area contributed by atoms with Gasteiger partial charge >= 0.3 is 5.97 Å². The van der Waals surface area contributed by atoms with Crippen LogP contribution in [-0.2, 0) is 25.6 Å². The van der Waals surface area contributed by atoms with Crippen LogP contribution in [0.25, 0.3) is 0 Å². The van der Waals surface area contributed by atoms with Crippen LogP contribution in [0.15, 0.2) is 24.3 Å². The molecule has 0 radical (unpaired) electrons. The maximum Gasteiger partial charge on any atom is 0.327 e. The average molecular weight is 428 g/mol. The van der Waals surface area contributed by atoms with E-state index in [-0.39, 0.29) is 17.9 Å². The van der Waals surface area contributed by atoms with Crippen LogP contribution in [0.1, 0.15) is 5.56 Å². The first-order valence-corrected chi connectivity index (χ1v) is 9.17. The van der Waals surface area contributed by atoms with Gasteiger partial charge in [-0.2, -0.15) is 12.6 Å². The summed E-state index contributed by atoms with van der Waals surface area (Å²) in [6, 6.07) is 1.97. The molecule has 11 nitrogen and oxygen atoms in total. The summed E-state index contributed by atoms with van der Waals surface area (Å²) < 4.78 is 0. The molecule has 3 amide bonds. The highest BCUT2D eigenvalue weighted by Gasteiger charge is 2.29. The number of rotatable bonds is 11. The number of aliphatic hydroxyl groups excluding tert-OH is 1. The number of carbonyl (C=O) groups is 4. The van der Waals surface area contributed by atoms with Crippen LogP contribution in [0.2, 0.25) is 0 Å². The fourth-order valence-electron chi connectivity index (χ4n) is 2.25. The number of nitrogens with one attached hydrogen (secondary N) is 3. The lowest BCUT2D eigenvalue weighted by molar-refractivity contribution is -0.141. The average Bonchev–Trinajstić information content (AvgIpc) is 2.70. The number of carboxylic acid groups (broad SMARTS) is 1. The minimum Gasteiger partial charge on any atom is -0.508 e. The summed E-state index contributed by atoms with van der Waals surface area (Å²) in [6.45, 7) is -1.14. The van der Waals surface area contributed by atoms with Gasteiger partial charge in [0.05, 0.1) is 13.2 Å². The van der Waals surface area contributed by atoms with E-state index < -0.39 is 55.0 Å². The van der Waals surface area contributed by atoms with E-state index in [2.05, 4.69) is 28.6 Å².